The van der Waals surface area contributed by atoms with E-state index in [9.17, 15) is 4.79 Å². The number of methoxy groups -OCH3 is 2. The molecule has 33 heavy (non-hydrogen) atoms. The molecule has 0 saturated carbocycles. The van der Waals surface area contributed by atoms with Gasteiger partial charge in [0.25, 0.3) is 5.91 Å². The molecule has 0 aliphatic heterocycles. The fraction of sp³-hybridized carbons (Fsp3) is 0.0833. The van der Waals surface area contributed by atoms with E-state index >= 15 is 0 Å². The molecule has 2 aromatic heterocycles. The summed E-state index contributed by atoms with van der Waals surface area (Å²) >= 11 is 0. The summed E-state index contributed by atoms with van der Waals surface area (Å²) < 4.78 is 10.6. The molecular weight excluding hydrogens is 420 g/mol. The molecule has 0 aliphatic rings. The Morgan fingerprint density at radius 3 is 2.55 bits per heavy atom. The number of nitrogens with zero attached hydrogens (tertiary/aromatic N) is 3. The Kier molecular flexibility index (Phi) is 6.31. The average Bonchev–Trinajstić information content (AvgIpc) is 2.84. The highest BCUT2D eigenvalue weighted by Gasteiger charge is 2.10. The van der Waals surface area contributed by atoms with Crippen molar-refractivity contribution in [3.05, 3.63) is 78.8 Å². The van der Waals surface area contributed by atoms with Crippen LogP contribution in [-0.2, 0) is 0 Å². The Balaban J connectivity index is 1.57. The van der Waals surface area contributed by atoms with E-state index in [1.54, 1.807) is 75.1 Å². The molecule has 4 rings (SSSR count). The number of carbonyl (C=O) groups excluding carboxylic acids is 1. The van der Waals surface area contributed by atoms with Crippen LogP contribution in [0.4, 0.5) is 23.0 Å². The minimum absolute atomic E-state index is 0.280. The van der Waals surface area contributed by atoms with Crippen LogP contribution >= 0.6 is 0 Å². The largest absolute Gasteiger partial charge is 0.497 e. The Bertz CT molecular complexity index is 1280. The molecule has 0 radical (unpaired) electrons. The van der Waals surface area contributed by atoms with E-state index in [0.717, 1.165) is 5.56 Å². The number of anilines is 4. The molecule has 9 nitrogen and oxygen atoms in total. The average molecular weight is 442 g/mol. The quantitative estimate of drug-likeness (QED) is 0.365. The first-order chi connectivity index (χ1) is 16.1. The molecule has 0 saturated heterocycles. The van der Waals surface area contributed by atoms with Gasteiger partial charge in [-0.2, -0.15) is 0 Å². The number of benzene rings is 2. The lowest BCUT2D eigenvalue weighted by molar-refractivity contribution is 0.102. The summed E-state index contributed by atoms with van der Waals surface area (Å²) in [7, 11) is 3.12. The number of amides is 1. The molecule has 9 heteroatoms. The molecular formula is C24H22N6O3. The lowest BCUT2D eigenvalue weighted by Crippen LogP contribution is -2.12. The standard InChI is InChI=1S/C24H22N6O3/c1-32-19-12-17(28-23(31)16-4-3-8-26-14-16)11-18(13-19)29-24-27-9-7-21(30-24)15-5-6-22(33-2)20(25)10-15/h3-14H,25H2,1-2H3,(H,28,31)(H,27,29,30). The Morgan fingerprint density at radius 1 is 0.970 bits per heavy atom. The first-order valence-corrected chi connectivity index (χ1v) is 10.00. The molecule has 0 spiro atoms. The molecule has 166 valence electrons. The van der Waals surface area contributed by atoms with Crippen molar-refractivity contribution in [3.63, 3.8) is 0 Å². The van der Waals surface area contributed by atoms with E-state index in [2.05, 4.69) is 25.6 Å². The second kappa shape index (κ2) is 9.65. The van der Waals surface area contributed by atoms with Crippen molar-refractivity contribution >= 4 is 28.9 Å². The minimum Gasteiger partial charge on any atom is -0.497 e. The second-order valence-corrected chi connectivity index (χ2v) is 6.99. The van der Waals surface area contributed by atoms with Gasteiger partial charge in [-0.1, -0.05) is 0 Å². The van der Waals surface area contributed by atoms with Crippen molar-refractivity contribution < 1.29 is 14.3 Å². The predicted molar refractivity (Wildman–Crippen MR) is 127 cm³/mol. The van der Waals surface area contributed by atoms with Gasteiger partial charge in [-0.25, -0.2) is 9.97 Å². The number of aromatic nitrogens is 3. The number of nitrogens with two attached hydrogens (primary N) is 1. The van der Waals surface area contributed by atoms with Crippen LogP contribution in [0.3, 0.4) is 0 Å². The van der Waals surface area contributed by atoms with Gasteiger partial charge >= 0.3 is 0 Å². The van der Waals surface area contributed by atoms with Crippen molar-refractivity contribution in [1.29, 1.82) is 0 Å². The summed E-state index contributed by atoms with van der Waals surface area (Å²) in [5.41, 5.74) is 9.70. The van der Waals surface area contributed by atoms with Crippen molar-refractivity contribution in [1.82, 2.24) is 15.0 Å². The summed E-state index contributed by atoms with van der Waals surface area (Å²) in [5.74, 6) is 1.25. The number of pyridine rings is 1. The summed E-state index contributed by atoms with van der Waals surface area (Å²) in [5, 5.41) is 6.01. The van der Waals surface area contributed by atoms with Crippen LogP contribution in [0.1, 0.15) is 10.4 Å². The van der Waals surface area contributed by atoms with Crippen molar-refractivity contribution in [2.45, 2.75) is 0 Å². The van der Waals surface area contributed by atoms with Gasteiger partial charge in [-0.15, -0.1) is 0 Å². The molecule has 0 aliphatic carbocycles. The fourth-order valence-corrected chi connectivity index (χ4v) is 3.16. The number of hydrogen-bond donors (Lipinski definition) is 3. The topological polar surface area (TPSA) is 124 Å². The maximum Gasteiger partial charge on any atom is 0.257 e. The molecule has 0 fully saturated rings. The molecule has 0 bridgehead atoms. The normalized spacial score (nSPS) is 10.4. The SMILES string of the molecule is COc1cc(NC(=O)c2cccnc2)cc(Nc2nccc(-c3ccc(OC)c(N)c3)n2)c1. The Labute approximate surface area is 190 Å². The second-order valence-electron chi connectivity index (χ2n) is 6.99. The number of nitrogen functional groups attached to an aromatic ring is 1. The molecule has 4 N–H and O–H groups in total. The van der Waals surface area contributed by atoms with Gasteiger partial charge < -0.3 is 25.8 Å². The lowest BCUT2D eigenvalue weighted by atomic mass is 10.1. The highest BCUT2D eigenvalue weighted by Crippen LogP contribution is 2.29. The third-order valence-corrected chi connectivity index (χ3v) is 4.76. The summed E-state index contributed by atoms with van der Waals surface area (Å²) in [6.45, 7) is 0. The minimum atomic E-state index is -0.280. The zero-order valence-electron chi connectivity index (χ0n) is 18.1. The van der Waals surface area contributed by atoms with Gasteiger partial charge in [-0.3, -0.25) is 9.78 Å². The van der Waals surface area contributed by atoms with E-state index < -0.39 is 0 Å². The first kappa shape index (κ1) is 21.6. The van der Waals surface area contributed by atoms with Crippen LogP contribution < -0.4 is 25.8 Å². The van der Waals surface area contributed by atoms with Crippen LogP contribution in [-0.4, -0.2) is 35.1 Å². The lowest BCUT2D eigenvalue weighted by Gasteiger charge is -2.12. The highest BCUT2D eigenvalue weighted by atomic mass is 16.5. The monoisotopic (exact) mass is 442 g/mol. The Morgan fingerprint density at radius 2 is 1.82 bits per heavy atom. The van der Waals surface area contributed by atoms with Crippen molar-refractivity contribution in [2.75, 3.05) is 30.6 Å². The van der Waals surface area contributed by atoms with E-state index in [4.69, 9.17) is 15.2 Å². The molecule has 0 unspecified atom stereocenters. The van der Waals surface area contributed by atoms with E-state index in [-0.39, 0.29) is 5.91 Å². The van der Waals surface area contributed by atoms with E-state index in [0.29, 0.717) is 45.8 Å². The number of hydrogen-bond acceptors (Lipinski definition) is 8. The molecule has 2 heterocycles. The van der Waals surface area contributed by atoms with Crippen LogP contribution in [0.5, 0.6) is 11.5 Å². The number of rotatable bonds is 7. The summed E-state index contributed by atoms with van der Waals surface area (Å²) in [4.78, 5) is 25.3. The maximum absolute atomic E-state index is 12.5. The van der Waals surface area contributed by atoms with Crippen molar-refractivity contribution in [2.24, 2.45) is 0 Å². The van der Waals surface area contributed by atoms with Crippen LogP contribution in [0.2, 0.25) is 0 Å². The zero-order valence-corrected chi connectivity index (χ0v) is 18.1. The third-order valence-electron chi connectivity index (χ3n) is 4.76. The fourth-order valence-electron chi connectivity index (χ4n) is 3.16. The molecule has 1 amide bonds. The number of ether oxygens (including phenoxy) is 2. The van der Waals surface area contributed by atoms with Crippen LogP contribution in [0.25, 0.3) is 11.3 Å². The third kappa shape index (κ3) is 5.16. The first-order valence-electron chi connectivity index (χ1n) is 10.00. The smallest absolute Gasteiger partial charge is 0.257 e. The van der Waals surface area contributed by atoms with Crippen LogP contribution in [0, 0.1) is 0 Å². The summed E-state index contributed by atoms with van der Waals surface area (Å²) in [6, 6.07) is 15.9. The molecule has 0 atom stereocenters. The van der Waals surface area contributed by atoms with Gasteiger partial charge in [0.2, 0.25) is 5.95 Å². The predicted octanol–water partition coefficient (Wildman–Crippen LogP) is 4.13. The van der Waals surface area contributed by atoms with Crippen LogP contribution in [0.15, 0.2) is 73.2 Å². The molecule has 4 aromatic rings. The van der Waals surface area contributed by atoms with Gasteiger partial charge in [0.05, 0.1) is 31.2 Å². The maximum atomic E-state index is 12.5. The Hall–Kier alpha value is -4.66. The van der Waals surface area contributed by atoms with Gasteiger partial charge in [0.1, 0.15) is 11.5 Å². The van der Waals surface area contributed by atoms with Gasteiger partial charge in [0.15, 0.2) is 0 Å². The zero-order chi connectivity index (χ0) is 23.2. The number of carbonyl (C=O) groups is 1. The van der Waals surface area contributed by atoms with E-state index in [1.807, 2.05) is 6.07 Å². The van der Waals surface area contributed by atoms with Gasteiger partial charge in [-0.05, 0) is 42.5 Å². The highest BCUT2D eigenvalue weighted by molar-refractivity contribution is 6.04. The summed E-state index contributed by atoms with van der Waals surface area (Å²) in [6.07, 6.45) is 4.76. The molecule has 2 aromatic carbocycles. The van der Waals surface area contributed by atoms with E-state index in [1.165, 1.54) is 6.20 Å². The number of nitrogens with one attached hydrogen (secondary N) is 2. The van der Waals surface area contributed by atoms with Gasteiger partial charge in [0, 0.05) is 47.7 Å². The van der Waals surface area contributed by atoms with Crippen molar-refractivity contribution in [3.8, 4) is 22.8 Å².